The molecule has 2 rings (SSSR count). The van der Waals surface area contributed by atoms with Gasteiger partial charge in [-0.2, -0.15) is 5.10 Å². The first-order chi connectivity index (χ1) is 11.6. The third-order valence-electron chi connectivity index (χ3n) is 4.03. The van der Waals surface area contributed by atoms with Gasteiger partial charge < -0.3 is 10.1 Å². The minimum Gasteiger partial charge on any atom is -0.467 e. The smallest absolute Gasteiger partial charge is 0.330 e. The summed E-state index contributed by atoms with van der Waals surface area (Å²) in [6, 6.07) is 1.89. The third kappa shape index (κ3) is 3.65. The highest BCUT2D eigenvalue weighted by Gasteiger charge is 2.32. The van der Waals surface area contributed by atoms with E-state index in [1.807, 2.05) is 27.7 Å². The highest BCUT2D eigenvalue weighted by molar-refractivity contribution is 6.07. The van der Waals surface area contributed by atoms with Crippen molar-refractivity contribution in [3.63, 3.8) is 0 Å². The minimum atomic E-state index is -1.13. The number of fused-ring (bicyclic) bond motifs is 1. The molecule has 25 heavy (non-hydrogen) atoms. The van der Waals surface area contributed by atoms with Gasteiger partial charge in [-0.25, -0.2) is 14.5 Å². The van der Waals surface area contributed by atoms with Crippen LogP contribution in [0.4, 0.5) is 0 Å². The van der Waals surface area contributed by atoms with Crippen LogP contribution >= 0.6 is 0 Å². The van der Waals surface area contributed by atoms with Crippen molar-refractivity contribution in [2.24, 2.45) is 0 Å². The number of rotatable bonds is 5. The van der Waals surface area contributed by atoms with Gasteiger partial charge in [0.2, 0.25) is 0 Å². The van der Waals surface area contributed by atoms with E-state index in [9.17, 15) is 9.59 Å². The van der Waals surface area contributed by atoms with Gasteiger partial charge >= 0.3 is 5.97 Å². The van der Waals surface area contributed by atoms with Gasteiger partial charge in [-0.05, 0) is 39.7 Å². The lowest BCUT2D eigenvalue weighted by molar-refractivity contribution is -0.146. The molecule has 0 radical (unpaired) electrons. The lowest BCUT2D eigenvalue weighted by atomic mass is 10.0. The fourth-order valence-electron chi connectivity index (χ4n) is 2.56. The van der Waals surface area contributed by atoms with Gasteiger partial charge in [0.1, 0.15) is 5.54 Å². The molecule has 0 unspecified atom stereocenters. The molecule has 2 heterocycles. The predicted octanol–water partition coefficient (Wildman–Crippen LogP) is 2.82. The van der Waals surface area contributed by atoms with E-state index in [0.29, 0.717) is 16.6 Å². The first-order valence-corrected chi connectivity index (χ1v) is 8.37. The highest BCUT2D eigenvalue weighted by Crippen LogP contribution is 2.24. The molecule has 0 aromatic carbocycles. The maximum absolute atomic E-state index is 12.9. The maximum atomic E-state index is 12.9. The molecule has 1 N–H and O–H groups in total. The summed E-state index contributed by atoms with van der Waals surface area (Å²) in [5, 5.41) is 7.77. The van der Waals surface area contributed by atoms with E-state index in [1.54, 1.807) is 30.8 Å². The van der Waals surface area contributed by atoms with E-state index in [0.717, 1.165) is 5.69 Å². The standard InChI is InChI=1S/C18H26N4O3/c1-10(2)14-8-12(16(23)21-18(5,6)17(24)25-7)13-9-19-22(11(3)4)15(13)20-14/h8-11H,1-7H3,(H,21,23). The molecule has 0 atom stereocenters. The second-order valence-electron chi connectivity index (χ2n) is 7.24. The summed E-state index contributed by atoms with van der Waals surface area (Å²) < 4.78 is 6.55. The lowest BCUT2D eigenvalue weighted by Gasteiger charge is -2.23. The van der Waals surface area contributed by atoms with E-state index in [1.165, 1.54) is 7.11 Å². The molecule has 0 bridgehead atoms. The number of nitrogens with zero attached hydrogens (tertiary/aromatic N) is 3. The number of methoxy groups -OCH3 is 1. The molecule has 1 amide bonds. The Morgan fingerprint density at radius 1 is 1.24 bits per heavy atom. The van der Waals surface area contributed by atoms with E-state index in [2.05, 4.69) is 15.4 Å². The van der Waals surface area contributed by atoms with E-state index >= 15 is 0 Å². The number of carbonyl (C=O) groups excluding carboxylic acids is 2. The number of carbonyl (C=O) groups is 2. The van der Waals surface area contributed by atoms with E-state index in [4.69, 9.17) is 4.74 Å². The number of ether oxygens (including phenoxy) is 1. The van der Waals surface area contributed by atoms with Crippen molar-refractivity contribution in [3.8, 4) is 0 Å². The van der Waals surface area contributed by atoms with Gasteiger partial charge in [0.15, 0.2) is 5.65 Å². The second-order valence-corrected chi connectivity index (χ2v) is 7.24. The molecule has 0 saturated carbocycles. The van der Waals surface area contributed by atoms with Crippen molar-refractivity contribution in [1.29, 1.82) is 0 Å². The fourth-order valence-corrected chi connectivity index (χ4v) is 2.56. The molecule has 0 fully saturated rings. The van der Waals surface area contributed by atoms with Gasteiger partial charge in [0.05, 0.1) is 24.3 Å². The summed E-state index contributed by atoms with van der Waals surface area (Å²) in [6.07, 6.45) is 1.65. The van der Waals surface area contributed by atoms with Gasteiger partial charge in [0.25, 0.3) is 5.91 Å². The molecule has 2 aromatic rings. The zero-order chi connectivity index (χ0) is 18.9. The maximum Gasteiger partial charge on any atom is 0.330 e. The number of pyridine rings is 1. The zero-order valence-corrected chi connectivity index (χ0v) is 15.9. The monoisotopic (exact) mass is 346 g/mol. The van der Waals surface area contributed by atoms with E-state index in [-0.39, 0.29) is 17.9 Å². The average Bonchev–Trinajstić information content (AvgIpc) is 2.96. The van der Waals surface area contributed by atoms with Gasteiger partial charge in [-0.15, -0.1) is 0 Å². The Kier molecular flexibility index (Phi) is 5.15. The van der Waals surface area contributed by atoms with Crippen molar-refractivity contribution >= 4 is 22.9 Å². The Hall–Kier alpha value is -2.44. The summed E-state index contributed by atoms with van der Waals surface area (Å²) in [5.41, 5.74) is 0.795. The first-order valence-electron chi connectivity index (χ1n) is 8.37. The number of aromatic nitrogens is 3. The third-order valence-corrected chi connectivity index (χ3v) is 4.03. The summed E-state index contributed by atoms with van der Waals surface area (Å²) in [5.74, 6) is -0.707. The SMILES string of the molecule is COC(=O)C(C)(C)NC(=O)c1cc(C(C)C)nc2c1cnn2C(C)C. The van der Waals surface area contributed by atoms with Crippen molar-refractivity contribution < 1.29 is 14.3 Å². The Balaban J connectivity index is 2.56. The van der Waals surface area contributed by atoms with Crippen LogP contribution in [0.5, 0.6) is 0 Å². The number of hydrogen-bond donors (Lipinski definition) is 1. The predicted molar refractivity (Wildman–Crippen MR) is 95.6 cm³/mol. The average molecular weight is 346 g/mol. The normalized spacial score (nSPS) is 12.0. The topological polar surface area (TPSA) is 86.1 Å². The fraction of sp³-hybridized carbons (Fsp3) is 0.556. The molecule has 136 valence electrons. The Bertz CT molecular complexity index is 806. The number of esters is 1. The van der Waals surface area contributed by atoms with Crippen LogP contribution in [0.3, 0.4) is 0 Å². The molecule has 0 aliphatic carbocycles. The lowest BCUT2D eigenvalue weighted by Crippen LogP contribution is -2.50. The Labute approximate surface area is 147 Å². The molecule has 2 aromatic heterocycles. The van der Waals surface area contributed by atoms with Crippen LogP contribution in [-0.2, 0) is 9.53 Å². The van der Waals surface area contributed by atoms with Crippen molar-refractivity contribution in [2.75, 3.05) is 7.11 Å². The minimum absolute atomic E-state index is 0.120. The first kappa shape index (κ1) is 18.9. The molecular weight excluding hydrogens is 320 g/mol. The second kappa shape index (κ2) is 6.82. The van der Waals surface area contributed by atoms with Crippen LogP contribution < -0.4 is 5.32 Å². The highest BCUT2D eigenvalue weighted by atomic mass is 16.5. The number of hydrogen-bond acceptors (Lipinski definition) is 5. The van der Waals surface area contributed by atoms with Crippen LogP contribution in [0.1, 0.15) is 69.6 Å². The van der Waals surface area contributed by atoms with Crippen LogP contribution in [0.15, 0.2) is 12.3 Å². The van der Waals surface area contributed by atoms with Crippen LogP contribution in [0.2, 0.25) is 0 Å². The van der Waals surface area contributed by atoms with E-state index < -0.39 is 11.5 Å². The van der Waals surface area contributed by atoms with Crippen molar-refractivity contribution in [1.82, 2.24) is 20.1 Å². The number of amides is 1. The van der Waals surface area contributed by atoms with Gasteiger partial charge in [-0.1, -0.05) is 13.8 Å². The molecule has 0 aliphatic heterocycles. The summed E-state index contributed by atoms with van der Waals surface area (Å²) in [4.78, 5) is 29.4. The summed E-state index contributed by atoms with van der Waals surface area (Å²) in [6.45, 7) is 11.3. The van der Waals surface area contributed by atoms with Crippen molar-refractivity contribution in [2.45, 2.75) is 59.0 Å². The molecule has 7 heteroatoms. The van der Waals surface area contributed by atoms with Crippen LogP contribution in [0.25, 0.3) is 11.0 Å². The number of nitrogens with one attached hydrogen (secondary N) is 1. The molecule has 7 nitrogen and oxygen atoms in total. The van der Waals surface area contributed by atoms with Crippen LogP contribution in [0, 0.1) is 0 Å². The Morgan fingerprint density at radius 2 is 1.88 bits per heavy atom. The molecular formula is C18H26N4O3. The molecule has 0 saturated heterocycles. The van der Waals surface area contributed by atoms with Gasteiger partial charge in [-0.3, -0.25) is 4.79 Å². The molecule has 0 spiro atoms. The Morgan fingerprint density at radius 3 is 2.40 bits per heavy atom. The van der Waals surface area contributed by atoms with Crippen LogP contribution in [-0.4, -0.2) is 39.3 Å². The quantitative estimate of drug-likeness (QED) is 0.841. The van der Waals surface area contributed by atoms with Crippen molar-refractivity contribution in [3.05, 3.63) is 23.5 Å². The molecule has 0 aliphatic rings. The van der Waals surface area contributed by atoms with Gasteiger partial charge in [0, 0.05) is 11.7 Å². The largest absolute Gasteiger partial charge is 0.467 e. The summed E-state index contributed by atoms with van der Waals surface area (Å²) in [7, 11) is 1.30. The summed E-state index contributed by atoms with van der Waals surface area (Å²) >= 11 is 0. The zero-order valence-electron chi connectivity index (χ0n) is 15.9.